The summed E-state index contributed by atoms with van der Waals surface area (Å²) < 4.78 is 8.09. The maximum Gasteiger partial charge on any atom is 0.0787 e. The third-order valence-corrected chi connectivity index (χ3v) is 4.99. The van der Waals surface area contributed by atoms with Gasteiger partial charge in [0.25, 0.3) is 0 Å². The van der Waals surface area contributed by atoms with Crippen LogP contribution < -0.4 is 10.2 Å². The molecule has 3 heterocycles. The van der Waals surface area contributed by atoms with Crippen LogP contribution in [0, 0.1) is 0 Å². The number of hydrogen-bond donors (Lipinski definition) is 1. The minimum Gasteiger partial charge on any atom is -0.368 e. The Hall–Kier alpha value is -1.07. The van der Waals surface area contributed by atoms with Gasteiger partial charge in [-0.05, 0) is 47.0 Å². The molecule has 0 aromatic carbocycles. The number of hydrogen-bond acceptors (Lipinski definition) is 4. The van der Waals surface area contributed by atoms with Crippen LogP contribution in [-0.4, -0.2) is 46.2 Å². The van der Waals surface area contributed by atoms with Gasteiger partial charge in [-0.2, -0.15) is 5.10 Å². The molecule has 0 saturated carbocycles. The average molecular weight is 306 g/mol. The molecule has 0 spiro atoms. The third-order valence-electron chi connectivity index (χ3n) is 4.99. The smallest absolute Gasteiger partial charge is 0.0787 e. The van der Waals surface area contributed by atoms with Crippen LogP contribution >= 0.6 is 0 Å². The highest BCUT2D eigenvalue weighted by Gasteiger charge is 2.46. The number of anilines is 1. The van der Waals surface area contributed by atoms with Crippen LogP contribution in [0.15, 0.2) is 12.4 Å². The van der Waals surface area contributed by atoms with E-state index in [1.165, 1.54) is 18.5 Å². The molecule has 2 aliphatic heterocycles. The van der Waals surface area contributed by atoms with E-state index in [9.17, 15) is 0 Å². The molecular weight excluding hydrogens is 276 g/mol. The number of aromatic nitrogens is 2. The van der Waals surface area contributed by atoms with E-state index in [1.807, 2.05) is 17.9 Å². The molecule has 1 aromatic heterocycles. The van der Waals surface area contributed by atoms with Crippen LogP contribution in [0.5, 0.6) is 0 Å². The first-order chi connectivity index (χ1) is 10.3. The zero-order valence-corrected chi connectivity index (χ0v) is 14.6. The lowest BCUT2D eigenvalue weighted by Gasteiger charge is -2.37. The normalized spacial score (nSPS) is 30.7. The zero-order valence-electron chi connectivity index (χ0n) is 14.6. The van der Waals surface area contributed by atoms with Crippen LogP contribution in [0.1, 0.15) is 47.0 Å². The van der Waals surface area contributed by atoms with Crippen molar-refractivity contribution in [1.82, 2.24) is 15.1 Å². The first-order valence-electron chi connectivity index (χ1n) is 8.45. The number of ether oxygens (including phenoxy) is 1. The summed E-state index contributed by atoms with van der Waals surface area (Å²) >= 11 is 0. The summed E-state index contributed by atoms with van der Waals surface area (Å²) in [6.07, 6.45) is 7.61. The Morgan fingerprint density at radius 3 is 2.68 bits per heavy atom. The fraction of sp³-hybridized carbons (Fsp3) is 0.824. The van der Waals surface area contributed by atoms with Gasteiger partial charge in [-0.25, -0.2) is 0 Å². The SMILES string of the molecule is Cn1cc(N2CCC[C@H](N[C@@H]3CC(C)(C)OC3(C)C)C2)cn1. The van der Waals surface area contributed by atoms with Gasteiger partial charge in [0.05, 0.1) is 23.1 Å². The van der Waals surface area contributed by atoms with Crippen molar-refractivity contribution >= 4 is 5.69 Å². The Bertz CT molecular complexity index is 522. The van der Waals surface area contributed by atoms with Gasteiger partial charge >= 0.3 is 0 Å². The van der Waals surface area contributed by atoms with Crippen molar-refractivity contribution in [3.05, 3.63) is 12.4 Å². The fourth-order valence-electron chi connectivity index (χ4n) is 4.03. The zero-order chi connectivity index (χ0) is 16.0. The van der Waals surface area contributed by atoms with Crippen LogP contribution in [0.3, 0.4) is 0 Å². The molecule has 0 aliphatic carbocycles. The van der Waals surface area contributed by atoms with E-state index in [0.29, 0.717) is 12.1 Å². The molecule has 0 bridgehead atoms. The minimum absolute atomic E-state index is 0.0289. The maximum atomic E-state index is 6.22. The summed E-state index contributed by atoms with van der Waals surface area (Å²) in [4.78, 5) is 2.45. The van der Waals surface area contributed by atoms with E-state index >= 15 is 0 Å². The molecular formula is C17H30N4O. The molecule has 22 heavy (non-hydrogen) atoms. The summed E-state index contributed by atoms with van der Waals surface area (Å²) in [6.45, 7) is 11.0. The summed E-state index contributed by atoms with van der Waals surface area (Å²) in [5, 5.41) is 8.17. The molecule has 0 radical (unpaired) electrons. The van der Waals surface area contributed by atoms with E-state index in [2.05, 4.69) is 49.2 Å². The number of aryl methyl sites for hydroxylation is 1. The quantitative estimate of drug-likeness (QED) is 0.931. The van der Waals surface area contributed by atoms with Gasteiger partial charge < -0.3 is 15.0 Å². The molecule has 5 heteroatoms. The van der Waals surface area contributed by atoms with E-state index < -0.39 is 0 Å². The van der Waals surface area contributed by atoms with Gasteiger partial charge in [-0.15, -0.1) is 0 Å². The summed E-state index contributed by atoms with van der Waals surface area (Å²) in [7, 11) is 1.98. The van der Waals surface area contributed by atoms with Crippen molar-refractivity contribution < 1.29 is 4.74 Å². The van der Waals surface area contributed by atoms with Gasteiger partial charge in [-0.1, -0.05) is 0 Å². The van der Waals surface area contributed by atoms with Crippen molar-refractivity contribution in [2.75, 3.05) is 18.0 Å². The van der Waals surface area contributed by atoms with Crippen molar-refractivity contribution in [3.8, 4) is 0 Å². The van der Waals surface area contributed by atoms with Gasteiger partial charge in [-0.3, -0.25) is 4.68 Å². The number of piperidine rings is 1. The average Bonchev–Trinajstić information content (AvgIpc) is 2.91. The number of rotatable bonds is 3. The van der Waals surface area contributed by atoms with E-state index in [1.54, 1.807) is 0 Å². The Kier molecular flexibility index (Phi) is 3.98. The molecule has 3 rings (SSSR count). The monoisotopic (exact) mass is 306 g/mol. The molecule has 2 fully saturated rings. The number of nitrogens with one attached hydrogen (secondary N) is 1. The van der Waals surface area contributed by atoms with E-state index in [4.69, 9.17) is 4.74 Å². The predicted octanol–water partition coefficient (Wildman–Crippen LogP) is 2.32. The van der Waals surface area contributed by atoms with Crippen molar-refractivity contribution in [1.29, 1.82) is 0 Å². The molecule has 5 nitrogen and oxygen atoms in total. The molecule has 2 saturated heterocycles. The second kappa shape index (κ2) is 5.53. The highest BCUT2D eigenvalue weighted by Crippen LogP contribution is 2.37. The summed E-state index contributed by atoms with van der Waals surface area (Å²) in [5.41, 5.74) is 1.11. The molecule has 1 N–H and O–H groups in total. The molecule has 124 valence electrons. The van der Waals surface area contributed by atoms with Crippen LogP contribution in [0.2, 0.25) is 0 Å². The molecule has 0 unspecified atom stereocenters. The number of nitrogens with zero attached hydrogens (tertiary/aromatic N) is 3. The second-order valence-electron chi connectivity index (χ2n) is 8.05. The standard InChI is InChI=1S/C17H30N4O/c1-16(2)9-15(17(3,4)22-16)19-13-7-6-8-21(11-13)14-10-18-20(5)12-14/h10,12-13,15,19H,6-9,11H2,1-5H3/t13-,15+/m0/s1. The maximum absolute atomic E-state index is 6.22. The van der Waals surface area contributed by atoms with Crippen molar-refractivity contribution in [3.63, 3.8) is 0 Å². The first kappa shape index (κ1) is 15.8. The Morgan fingerprint density at radius 2 is 2.09 bits per heavy atom. The van der Waals surface area contributed by atoms with E-state index in [0.717, 1.165) is 19.5 Å². The summed E-state index contributed by atoms with van der Waals surface area (Å²) in [5.74, 6) is 0. The van der Waals surface area contributed by atoms with Crippen LogP contribution in [-0.2, 0) is 11.8 Å². The third kappa shape index (κ3) is 3.30. The van der Waals surface area contributed by atoms with E-state index in [-0.39, 0.29) is 11.2 Å². The van der Waals surface area contributed by atoms with Crippen LogP contribution in [0.4, 0.5) is 5.69 Å². The Balaban J connectivity index is 1.63. The van der Waals surface area contributed by atoms with Gasteiger partial charge in [0.1, 0.15) is 0 Å². The Labute approximate surface area is 134 Å². The molecule has 2 aliphatic rings. The van der Waals surface area contributed by atoms with Crippen LogP contribution in [0.25, 0.3) is 0 Å². The van der Waals surface area contributed by atoms with Crippen molar-refractivity contribution in [2.45, 2.75) is 70.2 Å². The van der Waals surface area contributed by atoms with Crippen molar-refractivity contribution in [2.24, 2.45) is 7.05 Å². The lowest BCUT2D eigenvalue weighted by molar-refractivity contribution is -0.0705. The Morgan fingerprint density at radius 1 is 1.32 bits per heavy atom. The molecule has 1 aromatic rings. The second-order valence-corrected chi connectivity index (χ2v) is 8.05. The largest absolute Gasteiger partial charge is 0.368 e. The topological polar surface area (TPSA) is 42.3 Å². The first-order valence-corrected chi connectivity index (χ1v) is 8.45. The predicted molar refractivity (Wildman–Crippen MR) is 89.2 cm³/mol. The highest BCUT2D eigenvalue weighted by molar-refractivity contribution is 5.43. The fourth-order valence-corrected chi connectivity index (χ4v) is 4.03. The minimum atomic E-state index is -0.0971. The molecule has 0 amide bonds. The van der Waals surface area contributed by atoms with Gasteiger partial charge in [0, 0.05) is 38.4 Å². The lowest BCUT2D eigenvalue weighted by Crippen LogP contribution is -2.53. The van der Waals surface area contributed by atoms with Gasteiger partial charge in [0.2, 0.25) is 0 Å². The van der Waals surface area contributed by atoms with Gasteiger partial charge in [0.15, 0.2) is 0 Å². The molecule has 2 atom stereocenters. The highest BCUT2D eigenvalue weighted by atomic mass is 16.5. The summed E-state index contributed by atoms with van der Waals surface area (Å²) in [6, 6.07) is 0.942. The lowest BCUT2D eigenvalue weighted by atomic mass is 9.92.